The first-order valence-electron chi connectivity index (χ1n) is 7.22. The Kier molecular flexibility index (Phi) is 6.84. The highest BCUT2D eigenvalue weighted by molar-refractivity contribution is 7.91. The minimum absolute atomic E-state index is 0.00736. The standard InChI is InChI=1S/C15H24N2O3S/c1-3-21(19,20)14-7-5-4-6-13(14)17-15(18)9-8-12(2)10-11-16/h4-7,12H,3,8-11,16H2,1-2H3,(H,17,18). The lowest BCUT2D eigenvalue weighted by Gasteiger charge is -2.12. The third kappa shape index (κ3) is 5.47. The maximum Gasteiger partial charge on any atom is 0.224 e. The van der Waals surface area contributed by atoms with Gasteiger partial charge < -0.3 is 11.1 Å². The van der Waals surface area contributed by atoms with Crippen LogP contribution in [0, 0.1) is 5.92 Å². The topological polar surface area (TPSA) is 89.3 Å². The molecule has 0 aliphatic carbocycles. The van der Waals surface area contributed by atoms with E-state index in [-0.39, 0.29) is 16.6 Å². The summed E-state index contributed by atoms with van der Waals surface area (Å²) in [5, 5.41) is 2.70. The van der Waals surface area contributed by atoms with E-state index in [1.54, 1.807) is 25.1 Å². The summed E-state index contributed by atoms with van der Waals surface area (Å²) < 4.78 is 24.0. The molecule has 21 heavy (non-hydrogen) atoms. The number of nitrogens with two attached hydrogens (primary N) is 1. The van der Waals surface area contributed by atoms with Crippen molar-refractivity contribution in [2.75, 3.05) is 17.6 Å². The Bertz CT molecular complexity index is 570. The van der Waals surface area contributed by atoms with Crippen LogP contribution in [0.3, 0.4) is 0 Å². The van der Waals surface area contributed by atoms with Crippen molar-refractivity contribution in [3.05, 3.63) is 24.3 Å². The van der Waals surface area contributed by atoms with Crippen molar-refractivity contribution in [2.45, 2.75) is 38.0 Å². The third-order valence-electron chi connectivity index (χ3n) is 3.40. The number of carbonyl (C=O) groups excluding carboxylic acids is 1. The van der Waals surface area contributed by atoms with Crippen LogP contribution in [0.4, 0.5) is 5.69 Å². The van der Waals surface area contributed by atoms with Crippen molar-refractivity contribution in [2.24, 2.45) is 11.7 Å². The Morgan fingerprint density at radius 3 is 2.57 bits per heavy atom. The molecule has 0 aromatic heterocycles. The summed E-state index contributed by atoms with van der Waals surface area (Å²) in [5.74, 6) is 0.223. The average molecular weight is 312 g/mol. The zero-order valence-corrected chi connectivity index (χ0v) is 13.4. The van der Waals surface area contributed by atoms with Crippen LogP contribution in [-0.2, 0) is 14.6 Å². The van der Waals surface area contributed by atoms with E-state index < -0.39 is 9.84 Å². The highest BCUT2D eigenvalue weighted by Crippen LogP contribution is 2.22. The minimum atomic E-state index is -3.35. The highest BCUT2D eigenvalue weighted by Gasteiger charge is 2.17. The summed E-state index contributed by atoms with van der Waals surface area (Å²) in [6.45, 7) is 4.25. The van der Waals surface area contributed by atoms with Crippen LogP contribution in [-0.4, -0.2) is 26.6 Å². The van der Waals surface area contributed by atoms with Gasteiger partial charge in [-0.25, -0.2) is 8.42 Å². The van der Waals surface area contributed by atoms with Gasteiger partial charge in [0, 0.05) is 6.42 Å². The van der Waals surface area contributed by atoms with Gasteiger partial charge in [0.1, 0.15) is 0 Å². The van der Waals surface area contributed by atoms with Crippen molar-refractivity contribution in [1.29, 1.82) is 0 Å². The summed E-state index contributed by atoms with van der Waals surface area (Å²) in [6, 6.07) is 6.50. The SMILES string of the molecule is CCS(=O)(=O)c1ccccc1NC(=O)CCC(C)CCN. The van der Waals surface area contributed by atoms with Gasteiger partial charge in [0.05, 0.1) is 16.3 Å². The van der Waals surface area contributed by atoms with E-state index in [9.17, 15) is 13.2 Å². The predicted molar refractivity (Wildman–Crippen MR) is 84.9 cm³/mol. The van der Waals surface area contributed by atoms with E-state index in [4.69, 9.17) is 5.73 Å². The van der Waals surface area contributed by atoms with Gasteiger partial charge in [-0.1, -0.05) is 26.0 Å². The summed E-state index contributed by atoms with van der Waals surface area (Å²) in [7, 11) is -3.35. The van der Waals surface area contributed by atoms with Crippen LogP contribution in [0.2, 0.25) is 0 Å². The second-order valence-electron chi connectivity index (χ2n) is 5.17. The molecule has 1 rings (SSSR count). The molecule has 0 saturated heterocycles. The molecular formula is C15H24N2O3S. The normalized spacial score (nSPS) is 12.9. The summed E-state index contributed by atoms with van der Waals surface area (Å²) in [4.78, 5) is 12.1. The Labute approximate surface area is 126 Å². The molecule has 0 spiro atoms. The Hall–Kier alpha value is -1.40. The van der Waals surface area contributed by atoms with Crippen LogP contribution < -0.4 is 11.1 Å². The Balaban J connectivity index is 2.73. The van der Waals surface area contributed by atoms with Gasteiger partial charge in [-0.15, -0.1) is 0 Å². The van der Waals surface area contributed by atoms with Crippen molar-refractivity contribution < 1.29 is 13.2 Å². The molecule has 1 aromatic carbocycles. The predicted octanol–water partition coefficient (Wildman–Crippen LogP) is 2.18. The average Bonchev–Trinajstić information content (AvgIpc) is 2.46. The van der Waals surface area contributed by atoms with Gasteiger partial charge in [-0.05, 0) is 37.4 Å². The van der Waals surface area contributed by atoms with Gasteiger partial charge in [-0.3, -0.25) is 4.79 Å². The molecule has 118 valence electrons. The van der Waals surface area contributed by atoms with Crippen LogP contribution >= 0.6 is 0 Å². The number of rotatable bonds is 8. The van der Waals surface area contributed by atoms with Gasteiger partial charge >= 0.3 is 0 Å². The van der Waals surface area contributed by atoms with Crippen LogP contribution in [0.5, 0.6) is 0 Å². The molecular weight excluding hydrogens is 288 g/mol. The fraction of sp³-hybridized carbons (Fsp3) is 0.533. The Morgan fingerprint density at radius 1 is 1.29 bits per heavy atom. The number of hydrogen-bond acceptors (Lipinski definition) is 4. The molecule has 0 aliphatic heterocycles. The number of para-hydroxylation sites is 1. The van der Waals surface area contributed by atoms with E-state index in [0.29, 0.717) is 24.6 Å². The second-order valence-corrected chi connectivity index (χ2v) is 7.42. The van der Waals surface area contributed by atoms with E-state index in [1.165, 1.54) is 6.07 Å². The molecule has 0 fully saturated rings. The second kappa shape index (κ2) is 8.14. The first-order chi connectivity index (χ1) is 9.90. The number of hydrogen-bond donors (Lipinski definition) is 2. The number of amides is 1. The molecule has 1 amide bonds. The van der Waals surface area contributed by atoms with Crippen molar-refractivity contribution in [3.8, 4) is 0 Å². The zero-order chi connectivity index (χ0) is 15.9. The lowest BCUT2D eigenvalue weighted by Crippen LogP contribution is -2.16. The van der Waals surface area contributed by atoms with Crippen molar-refractivity contribution >= 4 is 21.4 Å². The van der Waals surface area contributed by atoms with Crippen LogP contribution in [0.15, 0.2) is 29.2 Å². The number of anilines is 1. The number of benzene rings is 1. The largest absolute Gasteiger partial charge is 0.330 e. The molecule has 0 aliphatic rings. The number of carbonyl (C=O) groups is 1. The fourth-order valence-electron chi connectivity index (χ4n) is 2.02. The first-order valence-corrected chi connectivity index (χ1v) is 8.87. The van der Waals surface area contributed by atoms with Gasteiger partial charge in [0.15, 0.2) is 9.84 Å². The molecule has 1 aromatic rings. The number of nitrogens with one attached hydrogen (secondary N) is 1. The molecule has 3 N–H and O–H groups in total. The summed E-state index contributed by atoms with van der Waals surface area (Å²) in [5.41, 5.74) is 5.83. The van der Waals surface area contributed by atoms with Crippen molar-refractivity contribution in [1.82, 2.24) is 0 Å². The van der Waals surface area contributed by atoms with Crippen LogP contribution in [0.1, 0.15) is 33.1 Å². The third-order valence-corrected chi connectivity index (χ3v) is 5.19. The van der Waals surface area contributed by atoms with E-state index >= 15 is 0 Å². The van der Waals surface area contributed by atoms with Gasteiger partial charge in [0.2, 0.25) is 5.91 Å². The van der Waals surface area contributed by atoms with E-state index in [2.05, 4.69) is 12.2 Å². The molecule has 0 saturated carbocycles. The monoisotopic (exact) mass is 312 g/mol. The maximum absolute atomic E-state index is 12.0. The fourth-order valence-corrected chi connectivity index (χ4v) is 3.07. The first kappa shape index (κ1) is 17.7. The maximum atomic E-state index is 12.0. The lowest BCUT2D eigenvalue weighted by molar-refractivity contribution is -0.116. The lowest BCUT2D eigenvalue weighted by atomic mass is 10.0. The molecule has 0 bridgehead atoms. The van der Waals surface area contributed by atoms with Crippen molar-refractivity contribution in [3.63, 3.8) is 0 Å². The molecule has 0 heterocycles. The van der Waals surface area contributed by atoms with E-state index in [1.807, 2.05) is 0 Å². The van der Waals surface area contributed by atoms with Gasteiger partial charge in [0.25, 0.3) is 0 Å². The Morgan fingerprint density at radius 2 is 1.95 bits per heavy atom. The number of sulfone groups is 1. The van der Waals surface area contributed by atoms with E-state index in [0.717, 1.165) is 12.8 Å². The molecule has 1 atom stereocenters. The zero-order valence-electron chi connectivity index (χ0n) is 12.6. The molecule has 6 heteroatoms. The smallest absolute Gasteiger partial charge is 0.224 e. The summed E-state index contributed by atoms with van der Waals surface area (Å²) >= 11 is 0. The van der Waals surface area contributed by atoms with Gasteiger partial charge in [-0.2, -0.15) is 0 Å². The quantitative estimate of drug-likeness (QED) is 0.770. The minimum Gasteiger partial charge on any atom is -0.330 e. The highest BCUT2D eigenvalue weighted by atomic mass is 32.2. The summed E-state index contributed by atoms with van der Waals surface area (Å²) in [6.07, 6.45) is 1.99. The molecule has 0 radical (unpaired) electrons. The molecule has 1 unspecified atom stereocenters. The van der Waals surface area contributed by atoms with Crippen LogP contribution in [0.25, 0.3) is 0 Å². The molecule has 5 nitrogen and oxygen atoms in total.